The number of hydrogen-bond acceptors (Lipinski definition) is 4. The molecular formula is C20H20F3N5O2. The Labute approximate surface area is 170 Å². The minimum atomic E-state index is -4.73. The van der Waals surface area contributed by atoms with E-state index in [2.05, 4.69) is 20.0 Å². The van der Waals surface area contributed by atoms with Gasteiger partial charge in [-0.05, 0) is 36.2 Å². The molecule has 1 aliphatic heterocycles. The van der Waals surface area contributed by atoms with Crippen molar-refractivity contribution in [1.82, 2.24) is 24.8 Å². The van der Waals surface area contributed by atoms with Gasteiger partial charge in [0.25, 0.3) is 0 Å². The zero-order valence-corrected chi connectivity index (χ0v) is 16.2. The van der Waals surface area contributed by atoms with Gasteiger partial charge in [-0.1, -0.05) is 12.1 Å². The minimum Gasteiger partial charge on any atom is -0.406 e. The Bertz CT molecular complexity index is 1050. The fraction of sp³-hybridized carbons (Fsp3) is 0.350. The molecule has 1 saturated heterocycles. The Morgan fingerprint density at radius 2 is 2.03 bits per heavy atom. The predicted molar refractivity (Wildman–Crippen MR) is 103 cm³/mol. The third kappa shape index (κ3) is 4.32. The summed E-state index contributed by atoms with van der Waals surface area (Å²) >= 11 is 0. The van der Waals surface area contributed by atoms with Gasteiger partial charge in [0.2, 0.25) is 0 Å². The molecule has 30 heavy (non-hydrogen) atoms. The van der Waals surface area contributed by atoms with Crippen molar-refractivity contribution >= 4 is 17.2 Å². The number of halogens is 3. The number of pyridine rings is 1. The minimum absolute atomic E-state index is 0.119. The second-order valence-corrected chi connectivity index (χ2v) is 7.16. The second-order valence-electron chi connectivity index (χ2n) is 7.16. The first-order valence-electron chi connectivity index (χ1n) is 9.45. The maximum absolute atomic E-state index is 12.5. The molecule has 0 saturated carbocycles. The third-order valence-electron chi connectivity index (χ3n) is 5.10. The predicted octanol–water partition coefficient (Wildman–Crippen LogP) is 3.57. The Morgan fingerprint density at radius 1 is 1.27 bits per heavy atom. The van der Waals surface area contributed by atoms with Crippen LogP contribution in [0.2, 0.25) is 0 Å². The van der Waals surface area contributed by atoms with E-state index >= 15 is 0 Å². The van der Waals surface area contributed by atoms with Crippen LogP contribution >= 0.6 is 0 Å². The van der Waals surface area contributed by atoms with E-state index in [9.17, 15) is 18.0 Å². The van der Waals surface area contributed by atoms with Gasteiger partial charge >= 0.3 is 12.4 Å². The highest BCUT2D eigenvalue weighted by Crippen LogP contribution is 2.28. The molecule has 7 nitrogen and oxygen atoms in total. The van der Waals surface area contributed by atoms with Crippen molar-refractivity contribution in [2.75, 3.05) is 13.1 Å². The van der Waals surface area contributed by atoms with Crippen LogP contribution in [0.1, 0.15) is 23.7 Å². The summed E-state index contributed by atoms with van der Waals surface area (Å²) in [6, 6.07) is 8.96. The molecule has 2 amide bonds. The van der Waals surface area contributed by atoms with Crippen molar-refractivity contribution in [1.29, 1.82) is 0 Å². The van der Waals surface area contributed by atoms with E-state index in [-0.39, 0.29) is 24.2 Å². The first kappa shape index (κ1) is 20.0. The highest BCUT2D eigenvalue weighted by Gasteiger charge is 2.31. The number of carbonyl (C=O) groups is 1. The standard InChI is InChI=1S/C20H20F3N5O2/c1-27-17(26-16-3-2-9-24-18(16)27)14-8-10-28(12-14)19(29)25-11-13-4-6-15(7-5-13)30-20(21,22)23/h2-7,9,14H,8,10-12H2,1H3,(H,25,29). The summed E-state index contributed by atoms with van der Waals surface area (Å²) in [6.07, 6.45) is -2.20. The first-order chi connectivity index (χ1) is 14.3. The number of nitrogens with one attached hydrogen (secondary N) is 1. The van der Waals surface area contributed by atoms with Crippen molar-refractivity contribution < 1.29 is 22.7 Å². The van der Waals surface area contributed by atoms with Gasteiger partial charge in [0, 0.05) is 38.8 Å². The van der Waals surface area contributed by atoms with E-state index < -0.39 is 6.36 Å². The second kappa shape index (κ2) is 7.85. The summed E-state index contributed by atoms with van der Waals surface area (Å²) in [5.41, 5.74) is 2.32. The molecule has 3 aromatic rings. The smallest absolute Gasteiger partial charge is 0.406 e. The van der Waals surface area contributed by atoms with Crippen molar-refractivity contribution in [2.24, 2.45) is 7.05 Å². The lowest BCUT2D eigenvalue weighted by molar-refractivity contribution is -0.274. The first-order valence-corrected chi connectivity index (χ1v) is 9.45. The molecule has 1 atom stereocenters. The number of amides is 2. The molecule has 0 radical (unpaired) electrons. The summed E-state index contributed by atoms with van der Waals surface area (Å²) in [7, 11) is 1.92. The van der Waals surface area contributed by atoms with Crippen LogP contribution in [0.25, 0.3) is 11.2 Å². The molecule has 1 aliphatic rings. The van der Waals surface area contributed by atoms with Crippen LogP contribution in [-0.2, 0) is 13.6 Å². The fourth-order valence-corrected chi connectivity index (χ4v) is 3.66. The number of benzene rings is 1. The lowest BCUT2D eigenvalue weighted by atomic mass is 10.1. The van der Waals surface area contributed by atoms with E-state index in [0.717, 1.165) is 23.4 Å². The van der Waals surface area contributed by atoms with Gasteiger partial charge in [0.1, 0.15) is 17.1 Å². The molecule has 1 unspecified atom stereocenters. The van der Waals surface area contributed by atoms with Gasteiger partial charge in [0.05, 0.1) is 0 Å². The van der Waals surface area contributed by atoms with E-state index in [1.165, 1.54) is 24.3 Å². The fourth-order valence-electron chi connectivity index (χ4n) is 3.66. The largest absolute Gasteiger partial charge is 0.573 e. The van der Waals surface area contributed by atoms with Crippen molar-refractivity contribution in [3.63, 3.8) is 0 Å². The van der Waals surface area contributed by atoms with Crippen LogP contribution in [-0.4, -0.2) is 44.9 Å². The number of likely N-dealkylation sites (tertiary alicyclic amines) is 1. The number of carbonyl (C=O) groups excluding carboxylic acids is 1. The van der Waals surface area contributed by atoms with Gasteiger partial charge < -0.3 is 19.5 Å². The summed E-state index contributed by atoms with van der Waals surface area (Å²) in [5, 5.41) is 2.81. The third-order valence-corrected chi connectivity index (χ3v) is 5.10. The van der Waals surface area contributed by atoms with Crippen LogP contribution < -0.4 is 10.1 Å². The van der Waals surface area contributed by atoms with Crippen molar-refractivity contribution in [3.8, 4) is 5.75 Å². The lowest BCUT2D eigenvalue weighted by Gasteiger charge is -2.17. The number of rotatable bonds is 4. The van der Waals surface area contributed by atoms with Crippen LogP contribution in [0.5, 0.6) is 5.75 Å². The number of nitrogens with zero attached hydrogens (tertiary/aromatic N) is 4. The Kier molecular flexibility index (Phi) is 5.23. The van der Waals surface area contributed by atoms with E-state index in [0.29, 0.717) is 18.7 Å². The highest BCUT2D eigenvalue weighted by molar-refractivity contribution is 5.75. The molecule has 0 spiro atoms. The molecule has 1 N–H and O–H groups in total. The molecule has 3 heterocycles. The Hall–Kier alpha value is -3.30. The molecule has 0 bridgehead atoms. The molecule has 2 aromatic heterocycles. The van der Waals surface area contributed by atoms with Crippen molar-refractivity contribution in [2.45, 2.75) is 25.2 Å². The van der Waals surface area contributed by atoms with Crippen LogP contribution in [0.4, 0.5) is 18.0 Å². The van der Waals surface area contributed by atoms with E-state index in [4.69, 9.17) is 0 Å². The number of urea groups is 1. The number of fused-ring (bicyclic) bond motifs is 1. The normalized spacial score (nSPS) is 16.8. The zero-order chi connectivity index (χ0) is 21.3. The van der Waals surface area contributed by atoms with E-state index in [1.54, 1.807) is 11.1 Å². The lowest BCUT2D eigenvalue weighted by Crippen LogP contribution is -2.38. The number of aryl methyl sites for hydroxylation is 1. The number of ether oxygens (including phenoxy) is 1. The number of hydrogen-bond donors (Lipinski definition) is 1. The van der Waals surface area contributed by atoms with Crippen LogP contribution in [0, 0.1) is 0 Å². The summed E-state index contributed by atoms with van der Waals surface area (Å²) in [6.45, 7) is 1.36. The van der Waals surface area contributed by atoms with E-state index in [1.807, 2.05) is 23.7 Å². The zero-order valence-electron chi connectivity index (χ0n) is 16.2. The summed E-state index contributed by atoms with van der Waals surface area (Å²) < 4.78 is 42.4. The maximum Gasteiger partial charge on any atom is 0.573 e. The number of aromatic nitrogens is 3. The Morgan fingerprint density at radius 3 is 2.73 bits per heavy atom. The summed E-state index contributed by atoms with van der Waals surface area (Å²) in [4.78, 5) is 23.2. The molecule has 158 valence electrons. The molecule has 1 aromatic carbocycles. The number of imidazole rings is 1. The van der Waals surface area contributed by atoms with Gasteiger partial charge in [-0.3, -0.25) is 0 Å². The molecule has 1 fully saturated rings. The van der Waals surface area contributed by atoms with Crippen LogP contribution in [0.15, 0.2) is 42.6 Å². The average Bonchev–Trinajstić information content (AvgIpc) is 3.31. The van der Waals surface area contributed by atoms with Crippen LogP contribution in [0.3, 0.4) is 0 Å². The summed E-state index contributed by atoms with van der Waals surface area (Å²) in [5.74, 6) is 0.727. The SMILES string of the molecule is Cn1c(C2CCN(C(=O)NCc3ccc(OC(F)(F)F)cc3)C2)nc2cccnc21. The molecule has 0 aliphatic carbocycles. The topological polar surface area (TPSA) is 72.3 Å². The quantitative estimate of drug-likeness (QED) is 0.702. The van der Waals surface area contributed by atoms with Gasteiger partial charge in [-0.15, -0.1) is 13.2 Å². The molecule has 4 rings (SSSR count). The average molecular weight is 419 g/mol. The van der Waals surface area contributed by atoms with Gasteiger partial charge in [-0.2, -0.15) is 0 Å². The van der Waals surface area contributed by atoms with Gasteiger partial charge in [0.15, 0.2) is 5.65 Å². The Balaban J connectivity index is 1.33. The number of alkyl halides is 3. The van der Waals surface area contributed by atoms with Gasteiger partial charge in [-0.25, -0.2) is 14.8 Å². The molecular weight excluding hydrogens is 399 g/mol. The van der Waals surface area contributed by atoms with Crippen molar-refractivity contribution in [3.05, 3.63) is 54.0 Å². The monoisotopic (exact) mass is 419 g/mol. The maximum atomic E-state index is 12.5. The molecule has 10 heteroatoms. The highest BCUT2D eigenvalue weighted by atomic mass is 19.4.